The Bertz CT molecular complexity index is 1860. The van der Waals surface area contributed by atoms with Crippen LogP contribution >= 0.6 is 0 Å². The molecular weight excluding hydrogens is 835 g/mol. The first-order valence-electron chi connectivity index (χ1n) is 24.3. The van der Waals surface area contributed by atoms with Gasteiger partial charge in [-0.1, -0.05) is 24.3 Å². The first-order valence-corrected chi connectivity index (χ1v) is 24.3. The molecule has 2 aromatic carbocycles. The molecule has 1 unspecified atom stereocenters. The second-order valence-electron chi connectivity index (χ2n) is 23.3. The molecule has 5 rings (SSSR count). The first-order chi connectivity index (χ1) is 30.6. The van der Waals surface area contributed by atoms with Crippen LogP contribution in [0, 0.1) is 11.8 Å². The number of hydrogen-bond acceptors (Lipinski definition) is 12. The summed E-state index contributed by atoms with van der Waals surface area (Å²) in [5, 5.41) is 0. The van der Waals surface area contributed by atoms with Gasteiger partial charge in [-0.3, -0.25) is 29.1 Å². The predicted molar refractivity (Wildman–Crippen MR) is 259 cm³/mol. The van der Waals surface area contributed by atoms with E-state index in [0.29, 0.717) is 75.9 Å². The van der Waals surface area contributed by atoms with E-state index >= 15 is 0 Å². The number of esters is 3. The van der Waals surface area contributed by atoms with Crippen LogP contribution in [-0.2, 0) is 33.4 Å². The Kier molecular flexibility index (Phi) is 16.6. The minimum absolute atomic E-state index is 0.122. The molecule has 0 saturated carbocycles. The highest BCUT2D eigenvalue weighted by Gasteiger charge is 2.48. The van der Waals surface area contributed by atoms with Gasteiger partial charge in [-0.2, -0.15) is 0 Å². The number of aldehydes is 1. The number of rotatable bonds is 18. The van der Waals surface area contributed by atoms with Gasteiger partial charge < -0.3 is 28.5 Å². The van der Waals surface area contributed by atoms with Crippen molar-refractivity contribution < 1.29 is 42.9 Å². The van der Waals surface area contributed by atoms with Gasteiger partial charge in [0.05, 0.1) is 13.2 Å². The van der Waals surface area contributed by atoms with Crippen molar-refractivity contribution in [3.8, 4) is 22.6 Å². The molecular formula is C54H83N3O9. The van der Waals surface area contributed by atoms with Gasteiger partial charge in [0.15, 0.2) is 5.92 Å². The lowest BCUT2D eigenvalue weighted by Gasteiger charge is -2.53. The highest BCUT2D eigenvalue weighted by Crippen LogP contribution is 2.41. The lowest BCUT2D eigenvalue weighted by atomic mass is 9.78. The Labute approximate surface area is 396 Å². The molecule has 3 aliphatic heterocycles. The van der Waals surface area contributed by atoms with Gasteiger partial charge in [0.25, 0.3) is 0 Å². The molecule has 0 N–H and O–H groups in total. The summed E-state index contributed by atoms with van der Waals surface area (Å²) in [4.78, 5) is 59.8. The summed E-state index contributed by atoms with van der Waals surface area (Å²) < 4.78 is 30.3. The third-order valence-corrected chi connectivity index (χ3v) is 15.6. The number of nitrogens with zero attached hydrogens (tertiary/aromatic N) is 3. The molecule has 0 bridgehead atoms. The molecule has 3 fully saturated rings. The summed E-state index contributed by atoms with van der Waals surface area (Å²) in [5.41, 5.74) is 1.05. The van der Waals surface area contributed by atoms with Gasteiger partial charge in [-0.05, 0) is 165 Å². The van der Waals surface area contributed by atoms with Crippen LogP contribution in [0.3, 0.4) is 0 Å². The van der Waals surface area contributed by atoms with Crippen molar-refractivity contribution in [1.82, 2.24) is 14.7 Å². The third-order valence-electron chi connectivity index (χ3n) is 15.6. The SMILES string of the molecule is CN1C(C)(C)CC(OC(=O)C(C=O)CCCOc2ccc(-c3ccc(OCCCC(C(=O)OC4CC(C)(C)N(C)C(C)(C)C4)C(=O)OC4CC(C)(C)N(C)C(C)(C)C4)cc3)cc2)CC1(C)C. The molecule has 368 valence electrons. The number of ether oxygens (including phenoxy) is 5. The fourth-order valence-corrected chi connectivity index (χ4v) is 10.9. The van der Waals surface area contributed by atoms with E-state index in [0.717, 1.165) is 24.0 Å². The largest absolute Gasteiger partial charge is 0.494 e. The molecule has 12 nitrogen and oxygen atoms in total. The number of carbonyl (C=O) groups excluding carboxylic acids is 4. The summed E-state index contributed by atoms with van der Waals surface area (Å²) in [6.45, 7) is 26.6. The van der Waals surface area contributed by atoms with Gasteiger partial charge in [-0.25, -0.2) is 0 Å². The van der Waals surface area contributed by atoms with Crippen molar-refractivity contribution in [3.63, 3.8) is 0 Å². The van der Waals surface area contributed by atoms with Gasteiger partial charge in [0, 0.05) is 71.8 Å². The van der Waals surface area contributed by atoms with E-state index in [1.807, 2.05) is 48.5 Å². The third kappa shape index (κ3) is 13.2. The minimum atomic E-state index is -1.05. The molecule has 1 atom stereocenters. The number of likely N-dealkylation sites (tertiary alicyclic amines) is 3. The van der Waals surface area contributed by atoms with Crippen LogP contribution in [0.2, 0.25) is 0 Å². The Hall–Kier alpha value is -4.00. The van der Waals surface area contributed by atoms with Crippen molar-refractivity contribution in [2.24, 2.45) is 11.8 Å². The van der Waals surface area contributed by atoms with Gasteiger partial charge in [0.2, 0.25) is 0 Å². The topological polar surface area (TPSA) is 124 Å². The zero-order valence-electron chi connectivity index (χ0n) is 43.1. The summed E-state index contributed by atoms with van der Waals surface area (Å²) in [6, 6.07) is 15.6. The molecule has 12 heteroatoms. The summed E-state index contributed by atoms with van der Waals surface area (Å²) >= 11 is 0. The van der Waals surface area contributed by atoms with Crippen LogP contribution < -0.4 is 9.47 Å². The zero-order chi connectivity index (χ0) is 49.0. The van der Waals surface area contributed by atoms with E-state index in [9.17, 15) is 19.2 Å². The van der Waals surface area contributed by atoms with E-state index < -0.39 is 29.7 Å². The fraction of sp³-hybridized carbons (Fsp3) is 0.704. The number of hydrogen-bond donors (Lipinski definition) is 0. The van der Waals surface area contributed by atoms with Crippen LogP contribution in [0.1, 0.15) is 147 Å². The van der Waals surface area contributed by atoms with Crippen molar-refractivity contribution in [2.75, 3.05) is 34.4 Å². The average molecular weight is 918 g/mol. The maximum Gasteiger partial charge on any atom is 0.320 e. The smallest absolute Gasteiger partial charge is 0.320 e. The monoisotopic (exact) mass is 918 g/mol. The van der Waals surface area contributed by atoms with Crippen LogP contribution in [-0.4, -0.2) is 125 Å². The Morgan fingerprint density at radius 2 is 0.788 bits per heavy atom. The normalized spacial score (nSPS) is 22.5. The van der Waals surface area contributed by atoms with Crippen molar-refractivity contribution >= 4 is 24.2 Å². The van der Waals surface area contributed by atoms with Crippen molar-refractivity contribution in [3.05, 3.63) is 48.5 Å². The minimum Gasteiger partial charge on any atom is -0.494 e. The zero-order valence-corrected chi connectivity index (χ0v) is 43.1. The standard InChI is InChI=1S/C54H83N3O9/c1-49(2)30-42(31-50(3,4)55(49)13)64-46(59)39(36-58)18-16-28-62-40-24-20-37(21-25-40)38-22-26-41(27-23-38)63-29-17-19-45(47(60)65-43-32-51(5,6)56(14)52(7,8)33-43)48(61)66-44-34-53(9,10)57(15)54(11,12)35-44/h20-27,36,39,42-45H,16-19,28-35H2,1-15H3. The molecule has 0 spiro atoms. The molecule has 3 saturated heterocycles. The first kappa shape index (κ1) is 53.0. The van der Waals surface area contributed by atoms with Gasteiger partial charge in [0.1, 0.15) is 42.0 Å². The van der Waals surface area contributed by atoms with E-state index in [4.69, 9.17) is 23.7 Å². The molecule has 66 heavy (non-hydrogen) atoms. The summed E-state index contributed by atoms with van der Waals surface area (Å²) in [6.07, 6.45) is 5.60. The maximum atomic E-state index is 14.0. The summed E-state index contributed by atoms with van der Waals surface area (Å²) in [5.74, 6) is -1.98. The second kappa shape index (κ2) is 20.7. The molecule has 3 heterocycles. The number of carbonyl (C=O) groups is 4. The summed E-state index contributed by atoms with van der Waals surface area (Å²) in [7, 11) is 6.33. The molecule has 0 amide bonds. The highest BCUT2D eigenvalue weighted by molar-refractivity contribution is 5.95. The molecule has 0 aromatic heterocycles. The van der Waals surface area contributed by atoms with Gasteiger partial charge in [-0.15, -0.1) is 0 Å². The van der Waals surface area contributed by atoms with E-state index in [2.05, 4.69) is 119 Å². The lowest BCUT2D eigenvalue weighted by Crippen LogP contribution is -2.61. The Morgan fingerprint density at radius 1 is 0.500 bits per heavy atom. The van der Waals surface area contributed by atoms with Crippen molar-refractivity contribution in [1.29, 1.82) is 0 Å². The fourth-order valence-electron chi connectivity index (χ4n) is 10.9. The van der Waals surface area contributed by atoms with E-state index in [-0.39, 0.29) is 58.0 Å². The quantitative estimate of drug-likeness (QED) is 0.0465. The maximum absolute atomic E-state index is 14.0. The van der Waals surface area contributed by atoms with E-state index in [1.165, 1.54) is 0 Å². The Morgan fingerprint density at radius 3 is 1.09 bits per heavy atom. The average Bonchev–Trinajstić information content (AvgIpc) is 3.20. The predicted octanol–water partition coefficient (Wildman–Crippen LogP) is 9.69. The van der Waals surface area contributed by atoms with E-state index in [1.54, 1.807) is 0 Å². The van der Waals surface area contributed by atoms with Crippen LogP contribution in [0.15, 0.2) is 48.5 Å². The second-order valence-corrected chi connectivity index (χ2v) is 23.3. The van der Waals surface area contributed by atoms with Crippen LogP contribution in [0.25, 0.3) is 11.1 Å². The molecule has 2 aromatic rings. The lowest BCUT2D eigenvalue weighted by molar-refractivity contribution is -0.178. The molecule has 3 aliphatic rings. The van der Waals surface area contributed by atoms with Crippen LogP contribution in [0.4, 0.5) is 0 Å². The number of benzene rings is 2. The Balaban J connectivity index is 1.10. The van der Waals surface area contributed by atoms with Crippen molar-refractivity contribution in [2.45, 2.75) is 199 Å². The molecule has 0 radical (unpaired) electrons. The number of piperidine rings is 3. The molecule has 0 aliphatic carbocycles. The van der Waals surface area contributed by atoms with Crippen LogP contribution in [0.5, 0.6) is 11.5 Å². The highest BCUT2D eigenvalue weighted by atomic mass is 16.6. The van der Waals surface area contributed by atoms with Gasteiger partial charge >= 0.3 is 17.9 Å².